The van der Waals surface area contributed by atoms with Crippen LogP contribution in [0.3, 0.4) is 0 Å². The number of ketones is 2. The molecule has 0 amide bonds. The fraction of sp³-hybridized carbons (Fsp3) is 0.462. The van der Waals surface area contributed by atoms with Gasteiger partial charge in [-0.05, 0) is 61.1 Å². The van der Waals surface area contributed by atoms with Gasteiger partial charge in [0.25, 0.3) is 0 Å². The van der Waals surface area contributed by atoms with Crippen molar-refractivity contribution >= 4 is 32.8 Å². The van der Waals surface area contributed by atoms with Crippen molar-refractivity contribution in [3.05, 3.63) is 53.6 Å². The van der Waals surface area contributed by atoms with Crippen LogP contribution in [0, 0.1) is 18.8 Å². The van der Waals surface area contributed by atoms with E-state index in [1.54, 1.807) is 18.2 Å². The summed E-state index contributed by atoms with van der Waals surface area (Å²) in [6.07, 6.45) is 3.40. The van der Waals surface area contributed by atoms with Crippen LogP contribution < -0.4 is 5.32 Å². The smallest absolute Gasteiger partial charge is 0.175 e. The molecular formula is C26H31NO5S. The van der Waals surface area contributed by atoms with Gasteiger partial charge >= 0.3 is 0 Å². The van der Waals surface area contributed by atoms with Crippen molar-refractivity contribution in [1.29, 1.82) is 0 Å². The van der Waals surface area contributed by atoms with E-state index in [-0.39, 0.29) is 22.4 Å². The first-order valence-corrected chi connectivity index (χ1v) is 13.3. The van der Waals surface area contributed by atoms with Crippen molar-refractivity contribution in [1.82, 2.24) is 0 Å². The Bertz CT molecular complexity index is 1160. The van der Waals surface area contributed by atoms with Gasteiger partial charge in [-0.2, -0.15) is 0 Å². The first-order chi connectivity index (χ1) is 15.6. The van der Waals surface area contributed by atoms with Gasteiger partial charge in [-0.1, -0.05) is 25.1 Å². The van der Waals surface area contributed by atoms with Crippen LogP contribution in [0.2, 0.25) is 0 Å². The number of Topliss-reactive ketones (excluding diaryl/α,β-unsaturated/α-hetero) is 2. The van der Waals surface area contributed by atoms with E-state index in [4.69, 9.17) is 4.74 Å². The Morgan fingerprint density at radius 2 is 1.64 bits per heavy atom. The van der Waals surface area contributed by atoms with E-state index < -0.39 is 21.2 Å². The quantitative estimate of drug-likeness (QED) is 0.654. The molecule has 2 aromatic carbocycles. The lowest BCUT2D eigenvalue weighted by Crippen LogP contribution is -2.45. The molecule has 7 heteroatoms. The molecule has 1 aliphatic carbocycles. The van der Waals surface area contributed by atoms with Crippen LogP contribution in [0.5, 0.6) is 0 Å². The van der Waals surface area contributed by atoms with Crippen LogP contribution >= 0.6 is 0 Å². The molecule has 0 radical (unpaired) electrons. The van der Waals surface area contributed by atoms with Crippen molar-refractivity contribution in [2.24, 2.45) is 11.8 Å². The molecule has 1 saturated carbocycles. The van der Waals surface area contributed by atoms with Crippen molar-refractivity contribution in [3.63, 3.8) is 0 Å². The highest BCUT2D eigenvalue weighted by Crippen LogP contribution is 2.44. The molecule has 0 spiro atoms. The summed E-state index contributed by atoms with van der Waals surface area (Å²) in [6.45, 7) is 5.21. The summed E-state index contributed by atoms with van der Waals surface area (Å²) in [7, 11) is -3.31. The third-order valence-electron chi connectivity index (χ3n) is 7.09. The topological polar surface area (TPSA) is 89.5 Å². The predicted molar refractivity (Wildman–Crippen MR) is 128 cm³/mol. The maximum Gasteiger partial charge on any atom is 0.175 e. The highest BCUT2D eigenvalue weighted by atomic mass is 32.2. The third kappa shape index (κ3) is 4.89. The first kappa shape index (κ1) is 23.6. The summed E-state index contributed by atoms with van der Waals surface area (Å²) in [4.78, 5) is 26.6. The van der Waals surface area contributed by atoms with Crippen LogP contribution in [0.1, 0.15) is 43.7 Å². The second kappa shape index (κ2) is 9.03. The Morgan fingerprint density at radius 1 is 1.00 bits per heavy atom. The molecule has 0 aromatic heterocycles. The first-order valence-electron chi connectivity index (χ1n) is 11.4. The van der Waals surface area contributed by atoms with Crippen LogP contribution in [0.25, 0.3) is 0 Å². The number of ether oxygens (including phenoxy) is 1. The largest absolute Gasteiger partial charge is 0.381 e. The minimum atomic E-state index is -3.31. The summed E-state index contributed by atoms with van der Waals surface area (Å²) in [6, 6.07) is 12.5. The third-order valence-corrected chi connectivity index (χ3v) is 8.20. The number of carbonyl (C=O) groups is 2. The summed E-state index contributed by atoms with van der Waals surface area (Å²) in [5.74, 6) is -0.319. The average Bonchev–Trinajstić information content (AvgIpc) is 2.75. The Hall–Kier alpha value is -2.51. The maximum atomic E-state index is 13.2. The van der Waals surface area contributed by atoms with Gasteiger partial charge in [0.2, 0.25) is 0 Å². The molecule has 0 unspecified atom stereocenters. The van der Waals surface area contributed by atoms with E-state index >= 15 is 0 Å². The fourth-order valence-electron chi connectivity index (χ4n) is 5.38. The molecule has 1 saturated heterocycles. The monoisotopic (exact) mass is 469 g/mol. The number of hydrogen-bond acceptors (Lipinski definition) is 6. The highest BCUT2D eigenvalue weighted by molar-refractivity contribution is 7.90. The second-order valence-corrected chi connectivity index (χ2v) is 11.7. The predicted octanol–water partition coefficient (Wildman–Crippen LogP) is 4.37. The number of sulfone groups is 1. The Kier molecular flexibility index (Phi) is 6.47. The number of benzene rings is 2. The van der Waals surface area contributed by atoms with Crippen LogP contribution in [-0.2, 0) is 29.6 Å². The van der Waals surface area contributed by atoms with Crippen LogP contribution in [-0.4, -0.2) is 39.5 Å². The molecule has 2 fully saturated rings. The van der Waals surface area contributed by atoms with E-state index in [0.29, 0.717) is 31.7 Å². The van der Waals surface area contributed by atoms with Crippen molar-refractivity contribution in [2.45, 2.75) is 49.8 Å². The summed E-state index contributed by atoms with van der Waals surface area (Å²) in [5.41, 5.74) is 2.85. The molecule has 33 heavy (non-hydrogen) atoms. The van der Waals surface area contributed by atoms with Gasteiger partial charge in [-0.25, -0.2) is 8.42 Å². The molecule has 1 N–H and O–H groups in total. The average molecular weight is 470 g/mol. The molecule has 1 aliphatic heterocycles. The summed E-state index contributed by atoms with van der Waals surface area (Å²) in [5, 5.41) is 3.32. The number of anilines is 2. The molecule has 1 heterocycles. The van der Waals surface area contributed by atoms with Crippen molar-refractivity contribution in [3.8, 4) is 0 Å². The minimum absolute atomic E-state index is 0.0410. The van der Waals surface area contributed by atoms with Gasteiger partial charge in [-0.3, -0.25) is 9.59 Å². The number of hydrogen-bond donors (Lipinski definition) is 1. The minimum Gasteiger partial charge on any atom is -0.381 e. The van der Waals surface area contributed by atoms with Crippen molar-refractivity contribution in [2.75, 3.05) is 24.8 Å². The molecule has 6 nitrogen and oxygen atoms in total. The molecule has 2 aliphatic rings. The zero-order chi connectivity index (χ0) is 23.8. The van der Waals surface area contributed by atoms with Crippen LogP contribution in [0.15, 0.2) is 47.4 Å². The van der Waals surface area contributed by atoms with Gasteiger partial charge in [0.05, 0.1) is 10.8 Å². The Morgan fingerprint density at radius 3 is 2.27 bits per heavy atom. The number of nitrogens with one attached hydrogen (secondary N) is 1. The molecule has 0 atom stereocenters. The molecule has 176 valence electrons. The summed E-state index contributed by atoms with van der Waals surface area (Å²) < 4.78 is 29.2. The van der Waals surface area contributed by atoms with Crippen molar-refractivity contribution < 1.29 is 22.7 Å². The fourth-order valence-corrected chi connectivity index (χ4v) is 6.05. The van der Waals surface area contributed by atoms with E-state index in [0.717, 1.165) is 29.7 Å². The normalized spacial score (nSPS) is 24.6. The van der Waals surface area contributed by atoms with Gasteiger partial charge in [0.15, 0.2) is 9.84 Å². The van der Waals surface area contributed by atoms with E-state index in [1.807, 2.05) is 38.1 Å². The zero-order valence-electron chi connectivity index (χ0n) is 19.4. The lowest BCUT2D eigenvalue weighted by Gasteiger charge is -2.40. The van der Waals surface area contributed by atoms with Gasteiger partial charge in [0, 0.05) is 49.1 Å². The number of carbonyl (C=O) groups excluding carboxylic acids is 2. The standard InChI is InChI=1S/C26H31NO5S/c1-17-21(8-5-9-22(17)27-19-6-4-7-20(14-19)33(3,30)31)26(2)15-23(28)25(24(29)16-26)18-10-12-32-13-11-18/h4-9,14,18,25,27H,10-13,15-16H2,1-3H3. The molecule has 0 bridgehead atoms. The SMILES string of the molecule is Cc1c(Nc2cccc(S(C)(=O)=O)c2)cccc1C1(C)CC(=O)C(C2CCOCC2)C(=O)C1. The summed E-state index contributed by atoms with van der Waals surface area (Å²) >= 11 is 0. The Balaban J connectivity index is 1.60. The molecule has 4 rings (SSSR count). The lowest BCUT2D eigenvalue weighted by atomic mass is 9.62. The Labute approximate surface area is 195 Å². The number of rotatable bonds is 5. The lowest BCUT2D eigenvalue weighted by molar-refractivity contribution is -0.142. The highest BCUT2D eigenvalue weighted by Gasteiger charge is 2.46. The maximum absolute atomic E-state index is 13.2. The van der Waals surface area contributed by atoms with E-state index in [9.17, 15) is 18.0 Å². The van der Waals surface area contributed by atoms with Gasteiger partial charge in [0.1, 0.15) is 11.6 Å². The van der Waals surface area contributed by atoms with Gasteiger partial charge < -0.3 is 10.1 Å². The second-order valence-electron chi connectivity index (χ2n) is 9.68. The van der Waals surface area contributed by atoms with Gasteiger partial charge in [-0.15, -0.1) is 0 Å². The van der Waals surface area contributed by atoms with E-state index in [1.165, 1.54) is 6.26 Å². The van der Waals surface area contributed by atoms with Crippen LogP contribution in [0.4, 0.5) is 11.4 Å². The molecule has 2 aromatic rings. The zero-order valence-corrected chi connectivity index (χ0v) is 20.2. The molecular weight excluding hydrogens is 438 g/mol. The van der Waals surface area contributed by atoms with E-state index in [2.05, 4.69) is 5.32 Å².